The number of carbonyl (C=O) groups is 2. The smallest absolute Gasteiger partial charge is 0.251 e. The predicted octanol–water partition coefficient (Wildman–Crippen LogP) is 2.92. The third kappa shape index (κ3) is 5.38. The van der Waals surface area contributed by atoms with Crippen molar-refractivity contribution in [2.75, 3.05) is 13.6 Å². The molecule has 2 amide bonds. The van der Waals surface area contributed by atoms with Gasteiger partial charge in [0, 0.05) is 19.2 Å². The standard InChI is InChI=1S/C18H22N2O3S/c1-13(2)23-16-6-4-15(5-7-16)18(22)19-10-17(21)20(3)11-14-8-9-24-12-14/h4-9,12-13H,10-11H2,1-3H3,(H,19,22). The molecule has 0 fully saturated rings. The molecule has 6 heteroatoms. The van der Waals surface area contributed by atoms with Gasteiger partial charge >= 0.3 is 0 Å². The van der Waals surface area contributed by atoms with E-state index in [2.05, 4.69) is 5.32 Å². The molecule has 0 saturated heterocycles. The molecule has 0 aliphatic carbocycles. The number of carbonyl (C=O) groups excluding carboxylic acids is 2. The maximum Gasteiger partial charge on any atom is 0.251 e. The van der Waals surface area contributed by atoms with Crippen LogP contribution in [0.25, 0.3) is 0 Å². The molecule has 1 aromatic carbocycles. The van der Waals surface area contributed by atoms with Crippen molar-refractivity contribution in [2.45, 2.75) is 26.5 Å². The molecule has 0 unspecified atom stereocenters. The molecule has 0 spiro atoms. The van der Waals surface area contributed by atoms with Gasteiger partial charge in [-0.15, -0.1) is 0 Å². The Morgan fingerprint density at radius 2 is 1.92 bits per heavy atom. The molecule has 2 aromatic rings. The SMILES string of the molecule is CC(C)Oc1ccc(C(=O)NCC(=O)N(C)Cc2ccsc2)cc1. The molecule has 0 radical (unpaired) electrons. The fourth-order valence-electron chi connectivity index (χ4n) is 2.09. The fourth-order valence-corrected chi connectivity index (χ4v) is 2.75. The van der Waals surface area contributed by atoms with Gasteiger partial charge < -0.3 is 15.0 Å². The zero-order valence-electron chi connectivity index (χ0n) is 14.1. The normalized spacial score (nSPS) is 10.5. The molecule has 1 aromatic heterocycles. The lowest BCUT2D eigenvalue weighted by molar-refractivity contribution is -0.129. The Balaban J connectivity index is 1.82. The lowest BCUT2D eigenvalue weighted by Gasteiger charge is -2.17. The van der Waals surface area contributed by atoms with Gasteiger partial charge in [-0.05, 0) is 60.5 Å². The zero-order valence-corrected chi connectivity index (χ0v) is 14.9. The number of hydrogen-bond acceptors (Lipinski definition) is 4. The minimum Gasteiger partial charge on any atom is -0.491 e. The quantitative estimate of drug-likeness (QED) is 0.838. The van der Waals surface area contributed by atoms with Crippen LogP contribution in [0.2, 0.25) is 0 Å². The average Bonchev–Trinajstić information content (AvgIpc) is 3.05. The highest BCUT2D eigenvalue weighted by molar-refractivity contribution is 7.07. The van der Waals surface area contributed by atoms with Crippen LogP contribution in [-0.2, 0) is 11.3 Å². The van der Waals surface area contributed by atoms with Crippen LogP contribution in [0.15, 0.2) is 41.1 Å². The molecular weight excluding hydrogens is 324 g/mol. The number of benzene rings is 1. The Labute approximate surface area is 146 Å². The summed E-state index contributed by atoms with van der Waals surface area (Å²) in [7, 11) is 1.73. The van der Waals surface area contributed by atoms with Gasteiger partial charge in [0.1, 0.15) is 5.75 Å². The Kier molecular flexibility index (Phi) is 6.37. The third-order valence-electron chi connectivity index (χ3n) is 3.31. The van der Waals surface area contributed by atoms with Gasteiger partial charge in [0.05, 0.1) is 12.6 Å². The van der Waals surface area contributed by atoms with E-state index in [9.17, 15) is 9.59 Å². The van der Waals surface area contributed by atoms with Crippen molar-refractivity contribution in [1.82, 2.24) is 10.2 Å². The molecule has 0 aliphatic rings. The van der Waals surface area contributed by atoms with Crippen LogP contribution in [0.1, 0.15) is 29.8 Å². The summed E-state index contributed by atoms with van der Waals surface area (Å²) in [5.74, 6) is 0.311. The molecule has 0 atom stereocenters. The van der Waals surface area contributed by atoms with Gasteiger partial charge in [0.2, 0.25) is 5.91 Å². The van der Waals surface area contributed by atoms with Crippen LogP contribution in [0.4, 0.5) is 0 Å². The van der Waals surface area contributed by atoms with Gasteiger partial charge in [-0.1, -0.05) is 0 Å². The van der Waals surface area contributed by atoms with E-state index in [4.69, 9.17) is 4.74 Å². The topological polar surface area (TPSA) is 58.6 Å². The lowest BCUT2D eigenvalue weighted by Crippen LogP contribution is -2.37. The van der Waals surface area contributed by atoms with Crippen LogP contribution >= 0.6 is 11.3 Å². The van der Waals surface area contributed by atoms with E-state index in [1.807, 2.05) is 30.7 Å². The maximum atomic E-state index is 12.1. The summed E-state index contributed by atoms with van der Waals surface area (Å²) in [4.78, 5) is 25.8. The highest BCUT2D eigenvalue weighted by atomic mass is 32.1. The first-order valence-corrected chi connectivity index (χ1v) is 8.70. The van der Waals surface area contributed by atoms with Crippen molar-refractivity contribution >= 4 is 23.2 Å². The van der Waals surface area contributed by atoms with Gasteiger partial charge in [0.15, 0.2) is 0 Å². The Morgan fingerprint density at radius 3 is 2.50 bits per heavy atom. The highest BCUT2D eigenvalue weighted by Gasteiger charge is 2.12. The van der Waals surface area contributed by atoms with E-state index in [0.717, 1.165) is 5.56 Å². The number of rotatable bonds is 7. The summed E-state index contributed by atoms with van der Waals surface area (Å²) in [6.07, 6.45) is 0.0843. The zero-order chi connectivity index (χ0) is 17.5. The Bertz CT molecular complexity index is 666. The first kappa shape index (κ1) is 18.0. The van der Waals surface area contributed by atoms with E-state index >= 15 is 0 Å². The van der Waals surface area contributed by atoms with Gasteiger partial charge in [-0.3, -0.25) is 9.59 Å². The fraction of sp³-hybridized carbons (Fsp3) is 0.333. The lowest BCUT2D eigenvalue weighted by atomic mass is 10.2. The first-order valence-electron chi connectivity index (χ1n) is 7.75. The van der Waals surface area contributed by atoms with Crippen LogP contribution in [-0.4, -0.2) is 36.4 Å². The molecule has 0 saturated carbocycles. The number of nitrogens with zero attached hydrogens (tertiary/aromatic N) is 1. The Hall–Kier alpha value is -2.34. The van der Waals surface area contributed by atoms with Crippen molar-refractivity contribution in [3.8, 4) is 5.75 Å². The number of amides is 2. The molecule has 1 N–H and O–H groups in total. The average molecular weight is 346 g/mol. The second-order valence-corrected chi connectivity index (χ2v) is 6.54. The molecular formula is C18H22N2O3S. The first-order chi connectivity index (χ1) is 11.5. The molecule has 2 rings (SSSR count). The van der Waals surface area contributed by atoms with Gasteiger partial charge in [-0.2, -0.15) is 11.3 Å². The van der Waals surface area contributed by atoms with Crippen molar-refractivity contribution in [1.29, 1.82) is 0 Å². The largest absolute Gasteiger partial charge is 0.491 e. The summed E-state index contributed by atoms with van der Waals surface area (Å²) in [5.41, 5.74) is 1.59. The van der Waals surface area contributed by atoms with E-state index < -0.39 is 0 Å². The molecule has 5 nitrogen and oxygen atoms in total. The summed E-state index contributed by atoms with van der Waals surface area (Å²) < 4.78 is 5.54. The summed E-state index contributed by atoms with van der Waals surface area (Å²) >= 11 is 1.60. The monoisotopic (exact) mass is 346 g/mol. The van der Waals surface area contributed by atoms with E-state index in [1.165, 1.54) is 0 Å². The number of nitrogens with one attached hydrogen (secondary N) is 1. The second kappa shape index (κ2) is 8.49. The van der Waals surface area contributed by atoms with E-state index in [-0.39, 0.29) is 24.5 Å². The molecule has 0 aliphatic heterocycles. The van der Waals surface area contributed by atoms with Crippen molar-refractivity contribution < 1.29 is 14.3 Å². The van der Waals surface area contributed by atoms with Gasteiger partial charge in [0.25, 0.3) is 5.91 Å². The maximum absolute atomic E-state index is 12.1. The van der Waals surface area contributed by atoms with Crippen LogP contribution in [0, 0.1) is 0 Å². The summed E-state index contributed by atoms with van der Waals surface area (Å²) in [5, 5.41) is 6.63. The number of likely N-dealkylation sites (N-methyl/N-ethyl adjacent to an activating group) is 1. The van der Waals surface area contributed by atoms with Crippen molar-refractivity contribution in [3.63, 3.8) is 0 Å². The van der Waals surface area contributed by atoms with Crippen LogP contribution < -0.4 is 10.1 Å². The number of hydrogen-bond donors (Lipinski definition) is 1. The third-order valence-corrected chi connectivity index (χ3v) is 4.05. The predicted molar refractivity (Wildman–Crippen MR) is 95.3 cm³/mol. The molecule has 24 heavy (non-hydrogen) atoms. The number of ether oxygens (including phenoxy) is 1. The highest BCUT2D eigenvalue weighted by Crippen LogP contribution is 2.13. The summed E-state index contributed by atoms with van der Waals surface area (Å²) in [6, 6.07) is 8.85. The Morgan fingerprint density at radius 1 is 1.21 bits per heavy atom. The molecule has 0 bridgehead atoms. The minimum atomic E-state index is -0.275. The number of thiophene rings is 1. The molecule has 128 valence electrons. The van der Waals surface area contributed by atoms with Crippen molar-refractivity contribution in [2.24, 2.45) is 0 Å². The van der Waals surface area contributed by atoms with Crippen LogP contribution in [0.5, 0.6) is 5.75 Å². The van der Waals surface area contributed by atoms with Gasteiger partial charge in [-0.25, -0.2) is 0 Å². The van der Waals surface area contributed by atoms with Crippen molar-refractivity contribution in [3.05, 3.63) is 52.2 Å². The van der Waals surface area contributed by atoms with Crippen LogP contribution in [0.3, 0.4) is 0 Å². The molecule has 1 heterocycles. The second-order valence-electron chi connectivity index (χ2n) is 5.76. The minimum absolute atomic E-state index is 0.0241. The van der Waals surface area contributed by atoms with E-state index in [0.29, 0.717) is 17.9 Å². The van der Waals surface area contributed by atoms with E-state index in [1.54, 1.807) is 47.5 Å². The summed E-state index contributed by atoms with van der Waals surface area (Å²) in [6.45, 7) is 4.40.